The Bertz CT molecular complexity index is 687. The lowest BCUT2D eigenvalue weighted by molar-refractivity contribution is 0.102. The maximum atomic E-state index is 13.7. The molecular weight excluding hydrogens is 311 g/mol. The van der Waals surface area contributed by atoms with Crippen molar-refractivity contribution in [3.8, 4) is 11.5 Å². The molecule has 5 nitrogen and oxygen atoms in total. The SMILES string of the molecule is COc1ccc(C(=O)Nc2ccc(OCCN(C)C)cc2)cc1F. The van der Waals surface area contributed by atoms with Crippen molar-refractivity contribution in [2.45, 2.75) is 0 Å². The van der Waals surface area contributed by atoms with Gasteiger partial charge in [-0.1, -0.05) is 0 Å². The summed E-state index contributed by atoms with van der Waals surface area (Å²) in [5.74, 6) is -0.135. The maximum Gasteiger partial charge on any atom is 0.255 e. The molecule has 0 spiro atoms. The van der Waals surface area contributed by atoms with Crippen LogP contribution in [0.25, 0.3) is 0 Å². The summed E-state index contributed by atoms with van der Waals surface area (Å²) in [5.41, 5.74) is 0.829. The Kier molecular flexibility index (Phi) is 6.14. The standard InChI is InChI=1S/C18H21FN2O3/c1-21(2)10-11-24-15-7-5-14(6-8-15)20-18(22)13-4-9-17(23-3)16(19)12-13/h4-9,12H,10-11H2,1-3H3,(H,20,22). The average molecular weight is 332 g/mol. The molecule has 0 heterocycles. The van der Waals surface area contributed by atoms with E-state index in [0.717, 1.165) is 18.4 Å². The third kappa shape index (κ3) is 4.96. The van der Waals surface area contributed by atoms with Crippen LogP contribution >= 0.6 is 0 Å². The number of halogens is 1. The Morgan fingerprint density at radius 3 is 2.46 bits per heavy atom. The number of anilines is 1. The quantitative estimate of drug-likeness (QED) is 0.847. The minimum atomic E-state index is -0.574. The van der Waals surface area contributed by atoms with Gasteiger partial charge in [0.2, 0.25) is 0 Å². The second-order valence-electron chi connectivity index (χ2n) is 5.48. The van der Waals surface area contributed by atoms with E-state index in [9.17, 15) is 9.18 Å². The Balaban J connectivity index is 1.95. The van der Waals surface area contributed by atoms with E-state index < -0.39 is 11.7 Å². The van der Waals surface area contributed by atoms with Crippen molar-refractivity contribution in [3.63, 3.8) is 0 Å². The first kappa shape index (κ1) is 17.7. The summed E-state index contributed by atoms with van der Waals surface area (Å²) in [4.78, 5) is 14.2. The van der Waals surface area contributed by atoms with Crippen LogP contribution in [-0.2, 0) is 0 Å². The van der Waals surface area contributed by atoms with Gasteiger partial charge in [0, 0.05) is 17.8 Å². The van der Waals surface area contributed by atoms with E-state index >= 15 is 0 Å². The highest BCUT2D eigenvalue weighted by atomic mass is 19.1. The maximum absolute atomic E-state index is 13.7. The monoisotopic (exact) mass is 332 g/mol. The Hall–Kier alpha value is -2.60. The molecule has 24 heavy (non-hydrogen) atoms. The Labute approximate surface area is 141 Å². The summed E-state index contributed by atoms with van der Waals surface area (Å²) >= 11 is 0. The van der Waals surface area contributed by atoms with Gasteiger partial charge in [-0.3, -0.25) is 4.79 Å². The number of methoxy groups -OCH3 is 1. The van der Waals surface area contributed by atoms with Crippen LogP contribution in [0.1, 0.15) is 10.4 Å². The highest BCUT2D eigenvalue weighted by Crippen LogP contribution is 2.20. The second kappa shape index (κ2) is 8.31. The fourth-order valence-corrected chi connectivity index (χ4v) is 1.99. The summed E-state index contributed by atoms with van der Waals surface area (Å²) in [5, 5.41) is 2.71. The number of ether oxygens (including phenoxy) is 2. The zero-order valence-electron chi connectivity index (χ0n) is 14.0. The van der Waals surface area contributed by atoms with E-state index in [2.05, 4.69) is 5.32 Å². The van der Waals surface area contributed by atoms with Crippen molar-refractivity contribution in [1.29, 1.82) is 0 Å². The van der Waals surface area contributed by atoms with Gasteiger partial charge in [0.1, 0.15) is 12.4 Å². The van der Waals surface area contributed by atoms with Crippen LogP contribution in [0.2, 0.25) is 0 Å². The predicted octanol–water partition coefficient (Wildman–Crippen LogP) is 3.03. The molecular formula is C18H21FN2O3. The van der Waals surface area contributed by atoms with Gasteiger partial charge in [-0.2, -0.15) is 0 Å². The van der Waals surface area contributed by atoms with Crippen LogP contribution in [0.4, 0.5) is 10.1 Å². The molecule has 0 aliphatic heterocycles. The molecule has 0 aromatic heterocycles. The lowest BCUT2D eigenvalue weighted by Crippen LogP contribution is -2.19. The first-order valence-corrected chi connectivity index (χ1v) is 7.52. The van der Waals surface area contributed by atoms with Gasteiger partial charge in [0.15, 0.2) is 11.6 Å². The first-order valence-electron chi connectivity index (χ1n) is 7.52. The number of hydrogen-bond donors (Lipinski definition) is 1. The third-order valence-electron chi connectivity index (χ3n) is 3.33. The third-order valence-corrected chi connectivity index (χ3v) is 3.33. The van der Waals surface area contributed by atoms with E-state index in [1.165, 1.54) is 19.2 Å². The molecule has 0 saturated carbocycles. The number of carbonyl (C=O) groups excluding carboxylic acids is 1. The van der Waals surface area contributed by atoms with Gasteiger partial charge >= 0.3 is 0 Å². The van der Waals surface area contributed by atoms with Gasteiger partial charge in [0.25, 0.3) is 5.91 Å². The van der Waals surface area contributed by atoms with Gasteiger partial charge in [-0.15, -0.1) is 0 Å². The molecule has 0 fully saturated rings. The second-order valence-corrected chi connectivity index (χ2v) is 5.48. The number of rotatable bonds is 7. The van der Waals surface area contributed by atoms with E-state index in [1.807, 2.05) is 19.0 Å². The van der Waals surface area contributed by atoms with Crippen molar-refractivity contribution in [1.82, 2.24) is 4.90 Å². The van der Waals surface area contributed by atoms with E-state index in [-0.39, 0.29) is 11.3 Å². The highest BCUT2D eigenvalue weighted by molar-refractivity contribution is 6.04. The lowest BCUT2D eigenvalue weighted by atomic mass is 10.2. The molecule has 0 aliphatic carbocycles. The van der Waals surface area contributed by atoms with Crippen molar-refractivity contribution in [2.75, 3.05) is 39.7 Å². The summed E-state index contributed by atoms with van der Waals surface area (Å²) in [6.07, 6.45) is 0. The largest absolute Gasteiger partial charge is 0.494 e. The summed E-state index contributed by atoms with van der Waals surface area (Å²) in [7, 11) is 5.33. The molecule has 0 atom stereocenters. The topological polar surface area (TPSA) is 50.8 Å². The number of nitrogens with zero attached hydrogens (tertiary/aromatic N) is 1. The van der Waals surface area contributed by atoms with Crippen LogP contribution in [-0.4, -0.2) is 45.2 Å². The van der Waals surface area contributed by atoms with Gasteiger partial charge in [0.05, 0.1) is 7.11 Å². The molecule has 2 aromatic carbocycles. The van der Waals surface area contributed by atoms with E-state index in [0.29, 0.717) is 12.3 Å². The fraction of sp³-hybridized carbons (Fsp3) is 0.278. The molecule has 2 rings (SSSR count). The average Bonchev–Trinajstić information content (AvgIpc) is 2.56. The molecule has 128 valence electrons. The number of amides is 1. The summed E-state index contributed by atoms with van der Waals surface area (Å²) in [6.45, 7) is 1.41. The minimum Gasteiger partial charge on any atom is -0.494 e. The summed E-state index contributed by atoms with van der Waals surface area (Å²) in [6, 6.07) is 11.1. The molecule has 1 N–H and O–H groups in total. The fourth-order valence-electron chi connectivity index (χ4n) is 1.99. The van der Waals surface area contributed by atoms with Crippen LogP contribution in [0, 0.1) is 5.82 Å². The van der Waals surface area contributed by atoms with E-state index in [4.69, 9.17) is 9.47 Å². The van der Waals surface area contributed by atoms with Gasteiger partial charge < -0.3 is 19.7 Å². The lowest BCUT2D eigenvalue weighted by Gasteiger charge is -2.11. The smallest absolute Gasteiger partial charge is 0.255 e. The summed E-state index contributed by atoms with van der Waals surface area (Å²) < 4.78 is 24.1. The van der Waals surface area contributed by atoms with Crippen LogP contribution in [0.15, 0.2) is 42.5 Å². The highest BCUT2D eigenvalue weighted by Gasteiger charge is 2.10. The molecule has 0 unspecified atom stereocenters. The number of hydrogen-bond acceptors (Lipinski definition) is 4. The predicted molar refractivity (Wildman–Crippen MR) is 91.4 cm³/mol. The first-order chi connectivity index (χ1) is 11.5. The van der Waals surface area contributed by atoms with Crippen LogP contribution in [0.5, 0.6) is 11.5 Å². The van der Waals surface area contributed by atoms with Crippen molar-refractivity contribution in [3.05, 3.63) is 53.8 Å². The minimum absolute atomic E-state index is 0.103. The zero-order valence-corrected chi connectivity index (χ0v) is 14.0. The Morgan fingerprint density at radius 2 is 1.88 bits per heavy atom. The van der Waals surface area contributed by atoms with Gasteiger partial charge in [-0.25, -0.2) is 4.39 Å². The molecule has 0 bridgehead atoms. The van der Waals surface area contributed by atoms with E-state index in [1.54, 1.807) is 24.3 Å². The number of carbonyl (C=O) groups is 1. The number of likely N-dealkylation sites (N-methyl/N-ethyl adjacent to an activating group) is 1. The van der Waals surface area contributed by atoms with Crippen molar-refractivity contribution in [2.24, 2.45) is 0 Å². The Morgan fingerprint density at radius 1 is 1.17 bits per heavy atom. The molecule has 0 saturated heterocycles. The van der Waals surface area contributed by atoms with Crippen LogP contribution in [0.3, 0.4) is 0 Å². The molecule has 1 amide bonds. The van der Waals surface area contributed by atoms with Crippen molar-refractivity contribution < 1.29 is 18.7 Å². The van der Waals surface area contributed by atoms with Crippen LogP contribution < -0.4 is 14.8 Å². The van der Waals surface area contributed by atoms with Gasteiger partial charge in [-0.05, 0) is 56.6 Å². The molecule has 2 aromatic rings. The molecule has 0 radical (unpaired) electrons. The van der Waals surface area contributed by atoms with Crippen molar-refractivity contribution >= 4 is 11.6 Å². The number of benzene rings is 2. The zero-order chi connectivity index (χ0) is 17.5. The molecule has 0 aliphatic rings. The normalized spacial score (nSPS) is 10.5. The number of nitrogens with one attached hydrogen (secondary N) is 1. The molecule has 6 heteroatoms.